The lowest BCUT2D eigenvalue weighted by atomic mass is 10.2. The average molecular weight is 412 g/mol. The SMILES string of the molecule is Cc1ccc(S(=O)(=O)CCC(=O)N(Cc2ccccn2)c2ccc(F)cc2)cc1. The summed E-state index contributed by atoms with van der Waals surface area (Å²) in [5, 5.41) is 0. The summed E-state index contributed by atoms with van der Waals surface area (Å²) in [5.74, 6) is -1.10. The first-order valence-corrected chi connectivity index (χ1v) is 10.8. The van der Waals surface area contributed by atoms with Gasteiger partial charge in [0.05, 0.1) is 22.9 Å². The van der Waals surface area contributed by atoms with Crippen LogP contribution in [0.15, 0.2) is 77.8 Å². The third-order valence-corrected chi connectivity index (χ3v) is 6.18. The standard InChI is InChI=1S/C22H21FN2O3S/c1-17-5-11-21(12-6-17)29(27,28)15-13-22(26)25(16-19-4-2-3-14-24-19)20-9-7-18(23)8-10-20/h2-12,14H,13,15-16H2,1H3. The monoisotopic (exact) mass is 412 g/mol. The van der Waals surface area contributed by atoms with E-state index in [-0.39, 0.29) is 29.5 Å². The van der Waals surface area contributed by atoms with Gasteiger partial charge < -0.3 is 4.90 Å². The summed E-state index contributed by atoms with van der Waals surface area (Å²) in [6.45, 7) is 2.04. The third kappa shape index (κ3) is 5.48. The van der Waals surface area contributed by atoms with Gasteiger partial charge in [0, 0.05) is 18.3 Å². The number of hydrogen-bond acceptors (Lipinski definition) is 4. The van der Waals surface area contributed by atoms with Gasteiger partial charge >= 0.3 is 0 Å². The highest BCUT2D eigenvalue weighted by atomic mass is 32.2. The summed E-state index contributed by atoms with van der Waals surface area (Å²) >= 11 is 0. The zero-order chi connectivity index (χ0) is 20.9. The first-order valence-electron chi connectivity index (χ1n) is 9.10. The van der Waals surface area contributed by atoms with E-state index in [2.05, 4.69) is 4.98 Å². The number of amides is 1. The van der Waals surface area contributed by atoms with Gasteiger partial charge in [0.15, 0.2) is 9.84 Å². The summed E-state index contributed by atoms with van der Waals surface area (Å²) in [6.07, 6.45) is 1.42. The van der Waals surface area contributed by atoms with Crippen molar-refractivity contribution in [3.8, 4) is 0 Å². The normalized spacial score (nSPS) is 11.2. The maximum atomic E-state index is 13.3. The maximum absolute atomic E-state index is 13.3. The molecule has 1 aromatic heterocycles. The van der Waals surface area contributed by atoms with Crippen LogP contribution in [0.4, 0.5) is 10.1 Å². The second-order valence-electron chi connectivity index (χ2n) is 6.66. The largest absolute Gasteiger partial charge is 0.306 e. The molecule has 3 aromatic rings. The molecule has 2 aromatic carbocycles. The predicted octanol–water partition coefficient (Wildman–Crippen LogP) is 3.93. The minimum atomic E-state index is -3.59. The lowest BCUT2D eigenvalue weighted by molar-refractivity contribution is -0.118. The van der Waals surface area contributed by atoms with Crippen molar-refractivity contribution in [3.63, 3.8) is 0 Å². The predicted molar refractivity (Wildman–Crippen MR) is 110 cm³/mol. The Kier molecular flexibility index (Phi) is 6.39. The molecule has 3 rings (SSSR count). The molecule has 0 aliphatic rings. The Morgan fingerprint density at radius 2 is 1.69 bits per heavy atom. The van der Waals surface area contributed by atoms with Crippen molar-refractivity contribution < 1.29 is 17.6 Å². The second kappa shape index (κ2) is 8.96. The number of hydrogen-bond donors (Lipinski definition) is 0. The van der Waals surface area contributed by atoms with Crippen molar-refractivity contribution in [1.29, 1.82) is 0 Å². The number of aromatic nitrogens is 1. The van der Waals surface area contributed by atoms with E-state index in [1.807, 2.05) is 6.92 Å². The third-order valence-electron chi connectivity index (χ3n) is 4.45. The van der Waals surface area contributed by atoms with Gasteiger partial charge in [-0.25, -0.2) is 12.8 Å². The van der Waals surface area contributed by atoms with Crippen LogP contribution in [0.2, 0.25) is 0 Å². The number of nitrogens with zero attached hydrogens (tertiary/aromatic N) is 2. The van der Waals surface area contributed by atoms with E-state index in [1.165, 1.54) is 29.2 Å². The smallest absolute Gasteiger partial charge is 0.228 e. The minimum Gasteiger partial charge on any atom is -0.306 e. The van der Waals surface area contributed by atoms with E-state index < -0.39 is 15.7 Å². The fraction of sp³-hybridized carbons (Fsp3) is 0.182. The van der Waals surface area contributed by atoms with Crippen LogP contribution < -0.4 is 4.90 Å². The highest BCUT2D eigenvalue weighted by Gasteiger charge is 2.21. The molecule has 29 heavy (non-hydrogen) atoms. The molecule has 5 nitrogen and oxygen atoms in total. The number of benzene rings is 2. The number of carbonyl (C=O) groups excluding carboxylic acids is 1. The van der Waals surface area contributed by atoms with Crippen molar-refractivity contribution in [2.75, 3.05) is 10.7 Å². The van der Waals surface area contributed by atoms with Crippen molar-refractivity contribution in [3.05, 3.63) is 90.0 Å². The first-order chi connectivity index (χ1) is 13.8. The van der Waals surface area contributed by atoms with Gasteiger partial charge in [0.1, 0.15) is 5.82 Å². The average Bonchev–Trinajstić information content (AvgIpc) is 2.72. The van der Waals surface area contributed by atoms with Gasteiger partial charge in [0.2, 0.25) is 5.91 Å². The number of anilines is 1. The van der Waals surface area contributed by atoms with Crippen LogP contribution in [0.25, 0.3) is 0 Å². The highest BCUT2D eigenvalue weighted by molar-refractivity contribution is 7.91. The Labute approximate surface area is 169 Å². The summed E-state index contributed by atoms with van der Waals surface area (Å²) in [5.41, 5.74) is 2.08. The summed E-state index contributed by atoms with van der Waals surface area (Å²) in [7, 11) is -3.59. The zero-order valence-electron chi connectivity index (χ0n) is 16.0. The quantitative estimate of drug-likeness (QED) is 0.590. The molecule has 0 saturated heterocycles. The number of aryl methyl sites for hydroxylation is 1. The summed E-state index contributed by atoms with van der Waals surface area (Å²) < 4.78 is 38.5. The fourth-order valence-electron chi connectivity index (χ4n) is 2.82. The Morgan fingerprint density at radius 3 is 2.31 bits per heavy atom. The Morgan fingerprint density at radius 1 is 1.00 bits per heavy atom. The minimum absolute atomic E-state index is 0.163. The lowest BCUT2D eigenvalue weighted by Crippen LogP contribution is -2.32. The lowest BCUT2D eigenvalue weighted by Gasteiger charge is -2.22. The summed E-state index contributed by atoms with van der Waals surface area (Å²) in [4.78, 5) is 18.7. The van der Waals surface area contributed by atoms with Crippen LogP contribution in [0.3, 0.4) is 0 Å². The molecule has 0 N–H and O–H groups in total. The molecular weight excluding hydrogens is 391 g/mol. The topological polar surface area (TPSA) is 67.3 Å². The van der Waals surface area contributed by atoms with E-state index in [1.54, 1.807) is 48.7 Å². The number of carbonyl (C=O) groups is 1. The molecular formula is C22H21FN2O3S. The van der Waals surface area contributed by atoms with Crippen molar-refractivity contribution in [2.24, 2.45) is 0 Å². The van der Waals surface area contributed by atoms with Gasteiger partial charge in [-0.3, -0.25) is 9.78 Å². The molecule has 1 heterocycles. The Balaban J connectivity index is 1.78. The molecule has 0 aliphatic heterocycles. The molecule has 0 spiro atoms. The van der Waals surface area contributed by atoms with E-state index in [4.69, 9.17) is 0 Å². The molecule has 0 saturated carbocycles. The van der Waals surface area contributed by atoms with Gasteiger partial charge in [-0.15, -0.1) is 0 Å². The highest BCUT2D eigenvalue weighted by Crippen LogP contribution is 2.20. The van der Waals surface area contributed by atoms with Crippen LogP contribution in [0.5, 0.6) is 0 Å². The molecule has 1 amide bonds. The number of sulfone groups is 1. The van der Waals surface area contributed by atoms with Crippen LogP contribution in [-0.2, 0) is 21.2 Å². The number of pyridine rings is 1. The van der Waals surface area contributed by atoms with Gasteiger partial charge in [-0.1, -0.05) is 23.8 Å². The van der Waals surface area contributed by atoms with E-state index >= 15 is 0 Å². The van der Waals surface area contributed by atoms with Crippen molar-refractivity contribution in [2.45, 2.75) is 24.8 Å². The van der Waals surface area contributed by atoms with E-state index in [9.17, 15) is 17.6 Å². The fourth-order valence-corrected chi connectivity index (χ4v) is 4.05. The van der Waals surface area contributed by atoms with Crippen molar-refractivity contribution >= 4 is 21.4 Å². The molecule has 0 unspecified atom stereocenters. The van der Waals surface area contributed by atoms with Crippen LogP contribution >= 0.6 is 0 Å². The van der Waals surface area contributed by atoms with Crippen LogP contribution in [-0.4, -0.2) is 25.1 Å². The molecule has 7 heteroatoms. The van der Waals surface area contributed by atoms with Crippen LogP contribution in [0, 0.1) is 12.7 Å². The van der Waals surface area contributed by atoms with Gasteiger partial charge in [-0.2, -0.15) is 0 Å². The van der Waals surface area contributed by atoms with E-state index in [0.717, 1.165) is 5.56 Å². The van der Waals surface area contributed by atoms with Gasteiger partial charge in [-0.05, 0) is 55.5 Å². The Bertz CT molecular complexity index is 1070. The molecule has 0 radical (unpaired) electrons. The van der Waals surface area contributed by atoms with Crippen molar-refractivity contribution in [1.82, 2.24) is 4.98 Å². The molecule has 0 fully saturated rings. The van der Waals surface area contributed by atoms with Gasteiger partial charge in [0.25, 0.3) is 0 Å². The molecule has 0 aliphatic carbocycles. The van der Waals surface area contributed by atoms with Crippen LogP contribution in [0.1, 0.15) is 17.7 Å². The first kappa shape index (κ1) is 20.7. The maximum Gasteiger partial charge on any atom is 0.228 e. The molecule has 0 bridgehead atoms. The summed E-state index contributed by atoms with van der Waals surface area (Å²) in [6, 6.07) is 17.4. The molecule has 0 atom stereocenters. The number of halogens is 1. The number of rotatable bonds is 7. The Hall–Kier alpha value is -3.06. The second-order valence-corrected chi connectivity index (χ2v) is 8.77. The molecule has 150 valence electrons. The zero-order valence-corrected chi connectivity index (χ0v) is 16.8. The van der Waals surface area contributed by atoms with E-state index in [0.29, 0.717) is 11.4 Å².